The topological polar surface area (TPSA) is 79.8 Å². The quantitative estimate of drug-likeness (QED) is 0.469. The van der Waals surface area contributed by atoms with Crippen molar-refractivity contribution in [3.8, 4) is 0 Å². The van der Waals surface area contributed by atoms with Crippen LogP contribution in [-0.4, -0.2) is 76.1 Å². The summed E-state index contributed by atoms with van der Waals surface area (Å²) < 4.78 is 30.6. The number of thioether (sulfide) groups is 1. The van der Waals surface area contributed by atoms with E-state index in [0.717, 1.165) is 22.7 Å². The van der Waals surface area contributed by atoms with Gasteiger partial charge in [0, 0.05) is 42.9 Å². The zero-order chi connectivity index (χ0) is 22.7. The van der Waals surface area contributed by atoms with Gasteiger partial charge in [0.2, 0.25) is 0 Å². The van der Waals surface area contributed by atoms with Crippen LogP contribution in [0.4, 0.5) is 5.13 Å². The summed E-state index contributed by atoms with van der Waals surface area (Å²) in [4.78, 5) is 23.3. The van der Waals surface area contributed by atoms with Crippen LogP contribution in [0.3, 0.4) is 0 Å². The highest BCUT2D eigenvalue weighted by Crippen LogP contribution is 2.33. The number of anilines is 1. The largest absolute Gasteiger partial charge is 0.379 e. The summed E-state index contributed by atoms with van der Waals surface area (Å²) in [6.45, 7) is 4.15. The molecule has 2 aromatic carbocycles. The van der Waals surface area contributed by atoms with Crippen LogP contribution in [0.15, 0.2) is 52.3 Å². The van der Waals surface area contributed by atoms with Gasteiger partial charge in [-0.25, -0.2) is 13.4 Å². The molecule has 0 saturated carbocycles. The van der Waals surface area contributed by atoms with E-state index in [-0.39, 0.29) is 10.8 Å². The van der Waals surface area contributed by atoms with Crippen LogP contribution in [0.1, 0.15) is 10.4 Å². The Kier molecular flexibility index (Phi) is 7.16. The number of nitrogens with zero attached hydrogens (tertiary/aromatic N) is 3. The minimum atomic E-state index is -3.44. The van der Waals surface area contributed by atoms with Crippen molar-refractivity contribution >= 4 is 54.2 Å². The fourth-order valence-corrected chi connectivity index (χ4v) is 5.89. The maximum absolute atomic E-state index is 13.5. The first-order valence-electron chi connectivity index (χ1n) is 10.2. The second kappa shape index (κ2) is 9.88. The number of hydrogen-bond acceptors (Lipinski definition) is 8. The van der Waals surface area contributed by atoms with Gasteiger partial charge in [-0.1, -0.05) is 17.4 Å². The minimum Gasteiger partial charge on any atom is -0.379 e. The number of morpholine rings is 1. The maximum atomic E-state index is 13.5. The molecule has 0 spiro atoms. The molecule has 0 N–H and O–H groups in total. The molecule has 32 heavy (non-hydrogen) atoms. The van der Waals surface area contributed by atoms with Gasteiger partial charge in [0.25, 0.3) is 5.91 Å². The summed E-state index contributed by atoms with van der Waals surface area (Å²) in [6.07, 6.45) is 3.17. The van der Waals surface area contributed by atoms with E-state index < -0.39 is 9.84 Å². The average molecular weight is 492 g/mol. The van der Waals surface area contributed by atoms with Gasteiger partial charge in [0.1, 0.15) is 5.52 Å². The van der Waals surface area contributed by atoms with Crippen molar-refractivity contribution in [2.45, 2.75) is 9.79 Å². The third kappa shape index (κ3) is 5.15. The number of carbonyl (C=O) groups is 1. The highest BCUT2D eigenvalue weighted by Gasteiger charge is 2.24. The van der Waals surface area contributed by atoms with E-state index in [1.807, 2.05) is 36.6 Å². The second-order valence-electron chi connectivity index (χ2n) is 7.51. The first-order valence-corrected chi connectivity index (χ1v) is 14.2. The summed E-state index contributed by atoms with van der Waals surface area (Å²) in [5.74, 6) is -0.147. The SMILES string of the molecule is CSc1ccc(C(=O)N(CCN2CCOCC2)c2nc3c(S(C)(=O)=O)cccc3s2)cc1. The summed E-state index contributed by atoms with van der Waals surface area (Å²) >= 11 is 2.95. The monoisotopic (exact) mass is 491 g/mol. The Labute approximate surface area is 196 Å². The first-order chi connectivity index (χ1) is 15.4. The Morgan fingerprint density at radius 1 is 1.19 bits per heavy atom. The van der Waals surface area contributed by atoms with Crippen LogP contribution in [0.2, 0.25) is 0 Å². The Balaban J connectivity index is 1.69. The molecular formula is C22H25N3O4S3. The van der Waals surface area contributed by atoms with E-state index in [1.165, 1.54) is 17.6 Å². The third-order valence-electron chi connectivity index (χ3n) is 5.33. The Bertz CT molecular complexity index is 1200. The zero-order valence-corrected chi connectivity index (χ0v) is 20.4. The Morgan fingerprint density at radius 3 is 2.56 bits per heavy atom. The number of amides is 1. The molecule has 1 saturated heterocycles. The van der Waals surface area contributed by atoms with Crippen molar-refractivity contribution in [1.29, 1.82) is 0 Å². The highest BCUT2D eigenvalue weighted by molar-refractivity contribution is 7.98. The number of fused-ring (bicyclic) bond motifs is 1. The molecular weight excluding hydrogens is 466 g/mol. The number of carbonyl (C=O) groups excluding carboxylic acids is 1. The highest BCUT2D eigenvalue weighted by atomic mass is 32.2. The van der Waals surface area contributed by atoms with Crippen molar-refractivity contribution in [2.24, 2.45) is 0 Å². The number of benzene rings is 2. The lowest BCUT2D eigenvalue weighted by molar-refractivity contribution is 0.0391. The Hall–Kier alpha value is -1.98. The molecule has 1 aliphatic rings. The van der Waals surface area contributed by atoms with Gasteiger partial charge >= 0.3 is 0 Å². The van der Waals surface area contributed by atoms with Crippen LogP contribution in [0, 0.1) is 0 Å². The van der Waals surface area contributed by atoms with Crippen molar-refractivity contribution in [3.05, 3.63) is 48.0 Å². The summed E-state index contributed by atoms with van der Waals surface area (Å²) in [6, 6.07) is 12.6. The molecule has 1 aliphatic heterocycles. The lowest BCUT2D eigenvalue weighted by Gasteiger charge is -2.29. The smallest absolute Gasteiger partial charge is 0.260 e. The molecule has 1 amide bonds. The number of aromatic nitrogens is 1. The molecule has 0 bridgehead atoms. The molecule has 7 nitrogen and oxygen atoms in total. The van der Waals surface area contributed by atoms with Crippen LogP contribution in [0.25, 0.3) is 10.2 Å². The van der Waals surface area contributed by atoms with E-state index in [9.17, 15) is 13.2 Å². The molecule has 0 radical (unpaired) electrons. The summed E-state index contributed by atoms with van der Waals surface area (Å²) in [5.41, 5.74) is 0.990. The molecule has 4 rings (SSSR count). The molecule has 2 heterocycles. The van der Waals surface area contributed by atoms with Gasteiger partial charge in [-0.05, 0) is 42.7 Å². The van der Waals surface area contributed by atoms with Crippen LogP contribution >= 0.6 is 23.1 Å². The molecule has 170 valence electrons. The minimum absolute atomic E-state index is 0.147. The first kappa shape index (κ1) is 23.2. The fourth-order valence-electron chi connectivity index (χ4n) is 3.57. The van der Waals surface area contributed by atoms with Crippen molar-refractivity contribution < 1.29 is 17.9 Å². The van der Waals surface area contributed by atoms with Crippen LogP contribution in [0.5, 0.6) is 0 Å². The van der Waals surface area contributed by atoms with Crippen molar-refractivity contribution in [2.75, 3.05) is 56.8 Å². The lowest BCUT2D eigenvalue weighted by Crippen LogP contribution is -2.43. The third-order valence-corrected chi connectivity index (χ3v) is 8.24. The van der Waals surface area contributed by atoms with E-state index in [4.69, 9.17) is 4.74 Å². The van der Waals surface area contributed by atoms with Gasteiger partial charge in [-0.3, -0.25) is 14.6 Å². The van der Waals surface area contributed by atoms with Crippen molar-refractivity contribution in [1.82, 2.24) is 9.88 Å². The summed E-state index contributed by atoms with van der Waals surface area (Å²) in [5, 5.41) is 0.503. The molecule has 1 aromatic heterocycles. The standard InChI is InChI=1S/C22H25N3O4S3/c1-30-17-8-6-16(7-9-17)21(26)25(11-10-24-12-14-29-15-13-24)22-23-20-18(31-22)4-3-5-19(20)32(2,27)28/h3-9H,10-15H2,1-2H3. The van der Waals surface area contributed by atoms with E-state index in [0.29, 0.717) is 42.5 Å². The van der Waals surface area contributed by atoms with Gasteiger partial charge in [0.05, 0.1) is 22.8 Å². The van der Waals surface area contributed by atoms with E-state index in [2.05, 4.69) is 9.88 Å². The zero-order valence-electron chi connectivity index (χ0n) is 18.0. The van der Waals surface area contributed by atoms with Crippen molar-refractivity contribution in [3.63, 3.8) is 0 Å². The van der Waals surface area contributed by atoms with E-state index in [1.54, 1.807) is 28.8 Å². The average Bonchev–Trinajstić information content (AvgIpc) is 3.23. The predicted octanol–water partition coefficient (Wildman–Crippen LogP) is 3.40. The number of para-hydroxylation sites is 1. The molecule has 0 atom stereocenters. The maximum Gasteiger partial charge on any atom is 0.260 e. The van der Waals surface area contributed by atoms with E-state index >= 15 is 0 Å². The normalized spacial score (nSPS) is 15.2. The Morgan fingerprint density at radius 2 is 1.91 bits per heavy atom. The summed E-state index contributed by atoms with van der Waals surface area (Å²) in [7, 11) is -3.44. The van der Waals surface area contributed by atoms with Gasteiger partial charge in [0.15, 0.2) is 15.0 Å². The number of hydrogen-bond donors (Lipinski definition) is 0. The molecule has 0 aliphatic carbocycles. The molecule has 3 aromatic rings. The lowest BCUT2D eigenvalue weighted by atomic mass is 10.2. The van der Waals surface area contributed by atoms with Crippen LogP contribution in [-0.2, 0) is 14.6 Å². The molecule has 0 unspecified atom stereocenters. The fraction of sp³-hybridized carbons (Fsp3) is 0.364. The van der Waals surface area contributed by atoms with Gasteiger partial charge in [-0.15, -0.1) is 11.8 Å². The van der Waals surface area contributed by atoms with Crippen LogP contribution < -0.4 is 4.90 Å². The molecule has 10 heteroatoms. The number of ether oxygens (including phenoxy) is 1. The number of thiazole rings is 1. The molecule has 1 fully saturated rings. The second-order valence-corrected chi connectivity index (χ2v) is 11.4. The number of rotatable bonds is 7. The number of sulfone groups is 1. The predicted molar refractivity (Wildman–Crippen MR) is 130 cm³/mol. The van der Waals surface area contributed by atoms with Gasteiger partial charge < -0.3 is 4.74 Å². The van der Waals surface area contributed by atoms with Gasteiger partial charge in [-0.2, -0.15) is 0 Å².